The van der Waals surface area contributed by atoms with Crippen molar-refractivity contribution in [3.05, 3.63) is 34.9 Å². The van der Waals surface area contributed by atoms with Gasteiger partial charge in [-0.05, 0) is 42.4 Å². The molecule has 9 heteroatoms. The van der Waals surface area contributed by atoms with E-state index in [1.807, 2.05) is 0 Å². The number of carbonyl (C=O) groups excluding carboxylic acids is 2. The molecule has 1 aromatic rings. The first-order valence-corrected chi connectivity index (χ1v) is 8.59. The second-order valence-electron chi connectivity index (χ2n) is 7.44. The fourth-order valence-electron chi connectivity index (χ4n) is 4.49. The van der Waals surface area contributed by atoms with E-state index in [1.54, 1.807) is 24.3 Å². The van der Waals surface area contributed by atoms with Gasteiger partial charge in [-0.25, -0.2) is 4.79 Å². The van der Waals surface area contributed by atoms with Crippen LogP contribution in [-0.2, 0) is 9.53 Å². The number of hydrogen-bond acceptors (Lipinski definition) is 3. The zero-order valence-electron chi connectivity index (χ0n) is 13.5. The summed E-state index contributed by atoms with van der Waals surface area (Å²) in [4.78, 5) is 23.6. The van der Waals surface area contributed by atoms with Crippen LogP contribution in [0.4, 0.5) is 18.0 Å². The van der Waals surface area contributed by atoms with E-state index in [-0.39, 0.29) is 25.8 Å². The summed E-state index contributed by atoms with van der Waals surface area (Å²) in [7, 11) is 0. The summed E-state index contributed by atoms with van der Waals surface area (Å²) in [6.07, 6.45) is -5.94. The maximum Gasteiger partial charge on any atom is 0.408 e. The molecule has 3 aliphatic carbocycles. The molecule has 0 radical (unpaired) electrons. The van der Waals surface area contributed by atoms with Crippen LogP contribution in [0.1, 0.15) is 30.9 Å². The molecule has 2 atom stereocenters. The van der Waals surface area contributed by atoms with Gasteiger partial charge >= 0.3 is 12.3 Å². The number of alkyl halides is 3. The first-order valence-electron chi connectivity index (χ1n) is 8.21. The minimum atomic E-state index is -4.23. The third-order valence-electron chi connectivity index (χ3n) is 5.75. The maximum atomic E-state index is 13.2. The highest BCUT2D eigenvalue weighted by molar-refractivity contribution is 6.30. The molecule has 2 N–H and O–H groups in total. The molecule has 0 spiro atoms. The van der Waals surface area contributed by atoms with Crippen LogP contribution in [-0.4, -0.2) is 30.8 Å². The Hall–Kier alpha value is -1.96. The van der Waals surface area contributed by atoms with Gasteiger partial charge in [0.2, 0.25) is 0 Å². The number of hydrogen-bond donors (Lipinski definition) is 2. The van der Waals surface area contributed by atoms with Crippen molar-refractivity contribution in [3.8, 4) is 0 Å². The fourth-order valence-corrected chi connectivity index (χ4v) is 4.61. The second-order valence-corrected chi connectivity index (χ2v) is 7.88. The van der Waals surface area contributed by atoms with Gasteiger partial charge in [0, 0.05) is 5.02 Å². The van der Waals surface area contributed by atoms with Gasteiger partial charge in [-0.15, -0.1) is 0 Å². The van der Waals surface area contributed by atoms with Crippen LogP contribution in [0.5, 0.6) is 0 Å². The number of benzene rings is 1. The van der Waals surface area contributed by atoms with E-state index in [0.717, 1.165) is 0 Å². The van der Waals surface area contributed by atoms with Crippen LogP contribution in [0.15, 0.2) is 24.3 Å². The fraction of sp³-hybridized carbons (Fsp3) is 0.529. The smallest absolute Gasteiger partial charge is 0.408 e. The van der Waals surface area contributed by atoms with Crippen molar-refractivity contribution in [2.45, 2.75) is 37.6 Å². The third-order valence-corrected chi connectivity index (χ3v) is 6.00. The Labute approximate surface area is 152 Å². The van der Waals surface area contributed by atoms with E-state index in [9.17, 15) is 22.8 Å². The SMILES string of the molecule is O=C1NCC(C(=O)N[C@H](c2ccc(Cl)cc2)C23CC(C(F)(F)F)(C2)C3)O1. The first kappa shape index (κ1) is 17.5. The standard InChI is InChI=1S/C17H16ClF3N2O3/c18-10-3-1-9(2-4-10)12(23-13(24)11-5-22-14(25)26-11)15-6-16(7-15,8-15)17(19,20)21/h1-4,11-12H,5-8H2,(H,22,25)(H,23,24)/t11?,12-,15?,16?/m1/s1. The van der Waals surface area contributed by atoms with E-state index >= 15 is 0 Å². The Kier molecular flexibility index (Phi) is 3.70. The zero-order valence-corrected chi connectivity index (χ0v) is 14.3. The lowest BCUT2D eigenvalue weighted by molar-refractivity contribution is -0.370. The van der Waals surface area contributed by atoms with Gasteiger partial charge in [-0.2, -0.15) is 13.2 Å². The van der Waals surface area contributed by atoms with Gasteiger partial charge in [0.25, 0.3) is 5.91 Å². The first-order chi connectivity index (χ1) is 12.1. The summed E-state index contributed by atoms with van der Waals surface area (Å²) in [5.41, 5.74) is -1.56. The number of amides is 2. The van der Waals surface area contributed by atoms with Crippen LogP contribution < -0.4 is 10.6 Å². The topological polar surface area (TPSA) is 67.4 Å². The average molecular weight is 389 g/mol. The molecule has 1 unspecified atom stereocenters. The van der Waals surface area contributed by atoms with E-state index in [2.05, 4.69) is 10.6 Å². The number of halogens is 4. The van der Waals surface area contributed by atoms with Crippen molar-refractivity contribution in [1.82, 2.24) is 10.6 Å². The van der Waals surface area contributed by atoms with Crippen molar-refractivity contribution in [2.75, 3.05) is 6.54 Å². The number of rotatable bonds is 4. The lowest BCUT2D eigenvalue weighted by Crippen LogP contribution is -2.71. The van der Waals surface area contributed by atoms with Gasteiger partial charge in [-0.3, -0.25) is 4.79 Å². The van der Waals surface area contributed by atoms with Crippen LogP contribution in [0.25, 0.3) is 0 Å². The van der Waals surface area contributed by atoms with Gasteiger partial charge in [-0.1, -0.05) is 23.7 Å². The molecule has 5 rings (SSSR count). The van der Waals surface area contributed by atoms with E-state index in [4.69, 9.17) is 16.3 Å². The molecule has 1 heterocycles. The molecule has 26 heavy (non-hydrogen) atoms. The Bertz CT molecular complexity index is 746. The minimum Gasteiger partial charge on any atom is -0.434 e. The number of cyclic esters (lactones) is 1. The van der Waals surface area contributed by atoms with Gasteiger partial charge < -0.3 is 15.4 Å². The predicted octanol–water partition coefficient (Wildman–Crippen LogP) is 3.34. The molecule has 0 aromatic heterocycles. The lowest BCUT2D eigenvalue weighted by atomic mass is 9.32. The van der Waals surface area contributed by atoms with E-state index in [1.165, 1.54) is 0 Å². The Morgan fingerprint density at radius 3 is 2.38 bits per heavy atom. The molecule has 1 saturated heterocycles. The molecule has 5 nitrogen and oxygen atoms in total. The summed E-state index contributed by atoms with van der Waals surface area (Å²) in [5, 5.41) is 5.68. The molecule has 1 aromatic carbocycles. The highest BCUT2D eigenvalue weighted by atomic mass is 35.5. The second kappa shape index (κ2) is 5.52. The van der Waals surface area contributed by atoms with E-state index < -0.39 is 41.2 Å². The summed E-state index contributed by atoms with van der Waals surface area (Å²) in [6, 6.07) is 6.09. The van der Waals surface area contributed by atoms with Crippen LogP contribution in [0.3, 0.4) is 0 Å². The summed E-state index contributed by atoms with van der Waals surface area (Å²) in [5.74, 6) is -0.519. The zero-order chi connectivity index (χ0) is 18.7. The number of carbonyl (C=O) groups is 2. The van der Waals surface area contributed by atoms with Crippen molar-refractivity contribution in [1.29, 1.82) is 0 Å². The molecule has 4 fully saturated rings. The number of alkyl carbamates (subject to hydrolysis) is 1. The molecule has 140 valence electrons. The summed E-state index contributed by atoms with van der Waals surface area (Å²) in [6.45, 7) is 0.0392. The number of ether oxygens (including phenoxy) is 1. The van der Waals surface area contributed by atoms with Crippen molar-refractivity contribution in [3.63, 3.8) is 0 Å². The Morgan fingerprint density at radius 2 is 1.88 bits per heavy atom. The van der Waals surface area contributed by atoms with Gasteiger partial charge in [0.1, 0.15) is 0 Å². The quantitative estimate of drug-likeness (QED) is 0.831. The van der Waals surface area contributed by atoms with Crippen molar-refractivity contribution >= 4 is 23.6 Å². The maximum absolute atomic E-state index is 13.2. The third kappa shape index (κ3) is 2.53. The van der Waals surface area contributed by atoms with Crippen LogP contribution in [0.2, 0.25) is 5.02 Å². The lowest BCUT2D eigenvalue weighted by Gasteiger charge is -2.73. The predicted molar refractivity (Wildman–Crippen MR) is 85.4 cm³/mol. The molecule has 4 aliphatic rings. The Morgan fingerprint density at radius 1 is 1.27 bits per heavy atom. The number of nitrogens with one attached hydrogen (secondary N) is 2. The molecular formula is C17H16ClF3N2O3. The van der Waals surface area contributed by atoms with Gasteiger partial charge in [0.15, 0.2) is 6.10 Å². The minimum absolute atomic E-state index is 0.0141. The largest absolute Gasteiger partial charge is 0.434 e. The normalized spacial score (nSPS) is 33.4. The Balaban J connectivity index is 1.55. The monoisotopic (exact) mass is 388 g/mol. The van der Waals surface area contributed by atoms with Crippen molar-refractivity contribution < 1.29 is 27.5 Å². The average Bonchev–Trinajstić information content (AvgIpc) is 2.89. The molecule has 1 aliphatic heterocycles. The highest BCUT2D eigenvalue weighted by Gasteiger charge is 2.80. The molecule has 2 bridgehead atoms. The van der Waals surface area contributed by atoms with Crippen LogP contribution >= 0.6 is 11.6 Å². The van der Waals surface area contributed by atoms with Crippen LogP contribution in [0, 0.1) is 10.8 Å². The molecule has 3 saturated carbocycles. The summed E-state index contributed by atoms with van der Waals surface area (Å²) >= 11 is 5.89. The summed E-state index contributed by atoms with van der Waals surface area (Å²) < 4.78 is 44.4. The highest BCUT2D eigenvalue weighted by Crippen LogP contribution is 2.81. The van der Waals surface area contributed by atoms with Gasteiger partial charge in [0.05, 0.1) is 18.0 Å². The van der Waals surface area contributed by atoms with E-state index in [0.29, 0.717) is 10.6 Å². The van der Waals surface area contributed by atoms with Crippen molar-refractivity contribution in [2.24, 2.45) is 10.8 Å². The molecule has 2 amide bonds. The molecular weight excluding hydrogens is 373 g/mol.